The summed E-state index contributed by atoms with van der Waals surface area (Å²) < 4.78 is 17.9. The quantitative estimate of drug-likeness (QED) is 0.337. The highest BCUT2D eigenvalue weighted by atomic mass is 16.6. The van der Waals surface area contributed by atoms with Crippen LogP contribution in [0.1, 0.15) is 89.4 Å². The highest BCUT2D eigenvalue weighted by Crippen LogP contribution is 2.50. The molecule has 3 fully saturated rings. The number of fused-ring (bicyclic) bond motifs is 1. The maximum Gasteiger partial charge on any atom is 0.411 e. The van der Waals surface area contributed by atoms with Crippen molar-refractivity contribution in [2.45, 2.75) is 115 Å². The van der Waals surface area contributed by atoms with Gasteiger partial charge in [-0.25, -0.2) is 19.6 Å². The number of likely N-dealkylation sites (N-methyl/N-ethyl adjacent to an activating group) is 1. The van der Waals surface area contributed by atoms with E-state index < -0.39 is 17.1 Å². The molecule has 0 unspecified atom stereocenters. The number of amides is 2. The monoisotopic (exact) mass is 687 g/mol. The van der Waals surface area contributed by atoms with Gasteiger partial charge in [0.1, 0.15) is 23.9 Å². The maximum atomic E-state index is 13.5. The highest BCUT2D eigenvalue weighted by Gasteiger charge is 2.55. The molecule has 1 aromatic carbocycles. The number of hydrogen-bond acceptors (Lipinski definition) is 10. The number of carbonyl (C=O) groups excluding carboxylic acids is 2. The maximum absolute atomic E-state index is 13.5. The highest BCUT2D eigenvalue weighted by molar-refractivity contribution is 5.72. The molecule has 1 aromatic heterocycles. The fourth-order valence-electron chi connectivity index (χ4n) is 7.38. The normalized spacial score (nSPS) is 21.9. The van der Waals surface area contributed by atoms with Crippen LogP contribution in [0.25, 0.3) is 0 Å². The SMILES string of the molecule is CN1CCC[C@H]1COCC(C)(C)c1nc2c(c(N3CCN(C(=O)OCc4ccccc4)[C@@H](CC#N)C3)n1)CC1(CC1)N(C(=O)OC(C)(C)C)C2. The van der Waals surface area contributed by atoms with Crippen LogP contribution < -0.4 is 4.90 Å². The first kappa shape index (κ1) is 35.9. The standard InChI is InChI=1S/C38H53N7O5/c1-36(2,3)50-35(47)45-23-31-30(21-38(45)15-16-38)32(41-33(40-31)37(4,5)26-48-25-29-13-10-18-42(29)6)43-19-20-44(28(22-43)14-17-39)34(46)49-24-27-11-8-7-9-12-27/h7-9,11-12,28-29H,10,13-16,18-26H2,1-6H3/t28-,29-/m0/s1. The minimum atomic E-state index is -0.611. The van der Waals surface area contributed by atoms with Crippen LogP contribution in [0.2, 0.25) is 0 Å². The summed E-state index contributed by atoms with van der Waals surface area (Å²) in [6.45, 7) is 13.9. The second kappa shape index (κ2) is 14.3. The molecule has 0 N–H and O–H groups in total. The van der Waals surface area contributed by atoms with Crippen LogP contribution in [0, 0.1) is 11.3 Å². The smallest absolute Gasteiger partial charge is 0.411 e. The Morgan fingerprint density at radius 2 is 1.78 bits per heavy atom. The van der Waals surface area contributed by atoms with Crippen LogP contribution in [0.3, 0.4) is 0 Å². The lowest BCUT2D eigenvalue weighted by molar-refractivity contribution is 0.00770. The summed E-state index contributed by atoms with van der Waals surface area (Å²) in [5.41, 5.74) is 1.31. The Labute approximate surface area is 296 Å². The molecule has 0 radical (unpaired) electrons. The summed E-state index contributed by atoms with van der Waals surface area (Å²) in [6.07, 6.45) is 4.16. The Bertz CT molecular complexity index is 1580. The molecule has 4 aliphatic rings. The number of likely N-dealkylation sites (tertiary alicyclic amines) is 1. The first-order valence-corrected chi connectivity index (χ1v) is 18.1. The molecule has 4 heterocycles. The van der Waals surface area contributed by atoms with Gasteiger partial charge in [0.2, 0.25) is 0 Å². The van der Waals surface area contributed by atoms with Crippen LogP contribution >= 0.6 is 0 Å². The number of piperazine rings is 1. The van der Waals surface area contributed by atoms with Crippen molar-refractivity contribution in [1.82, 2.24) is 24.7 Å². The molecule has 3 aliphatic heterocycles. The van der Waals surface area contributed by atoms with E-state index in [1.54, 1.807) is 4.90 Å². The molecule has 1 aliphatic carbocycles. The molecule has 2 amide bonds. The van der Waals surface area contributed by atoms with Crippen LogP contribution in [0.15, 0.2) is 30.3 Å². The van der Waals surface area contributed by atoms with Gasteiger partial charge in [-0.05, 0) is 65.6 Å². The van der Waals surface area contributed by atoms with Crippen molar-refractivity contribution in [3.8, 4) is 6.07 Å². The lowest BCUT2D eigenvalue weighted by atomic mass is 9.91. The van der Waals surface area contributed by atoms with Crippen molar-refractivity contribution in [3.63, 3.8) is 0 Å². The number of aromatic nitrogens is 2. The zero-order valence-electron chi connectivity index (χ0n) is 30.6. The number of rotatable bonds is 9. The predicted molar refractivity (Wildman–Crippen MR) is 189 cm³/mol. The molecule has 2 saturated heterocycles. The molecule has 12 nitrogen and oxygen atoms in total. The van der Waals surface area contributed by atoms with Gasteiger partial charge in [0.05, 0.1) is 49.5 Å². The average Bonchev–Trinajstić information content (AvgIpc) is 3.72. The van der Waals surface area contributed by atoms with E-state index in [4.69, 9.17) is 24.2 Å². The van der Waals surface area contributed by atoms with E-state index in [9.17, 15) is 14.9 Å². The molecular formula is C38H53N7O5. The lowest BCUT2D eigenvalue weighted by Crippen LogP contribution is -2.56. The Hall–Kier alpha value is -3.95. The van der Waals surface area contributed by atoms with E-state index in [1.807, 2.05) is 56.0 Å². The number of hydrogen-bond donors (Lipinski definition) is 0. The fourth-order valence-corrected chi connectivity index (χ4v) is 7.38. The molecule has 12 heteroatoms. The number of nitriles is 1. The third kappa shape index (κ3) is 8.00. The van der Waals surface area contributed by atoms with E-state index in [0.717, 1.165) is 48.4 Å². The van der Waals surface area contributed by atoms with E-state index in [2.05, 4.69) is 36.8 Å². The number of ether oxygens (including phenoxy) is 3. The van der Waals surface area contributed by atoms with Crippen molar-refractivity contribution in [1.29, 1.82) is 5.26 Å². The predicted octanol–water partition coefficient (Wildman–Crippen LogP) is 5.43. The number of benzene rings is 1. The second-order valence-electron chi connectivity index (χ2n) is 16.1. The zero-order chi connectivity index (χ0) is 35.7. The van der Waals surface area contributed by atoms with Gasteiger partial charge in [-0.1, -0.05) is 44.2 Å². The Morgan fingerprint density at radius 1 is 1.02 bits per heavy atom. The molecule has 0 bridgehead atoms. The van der Waals surface area contributed by atoms with Gasteiger partial charge >= 0.3 is 12.2 Å². The van der Waals surface area contributed by atoms with Crippen molar-refractivity contribution in [2.75, 3.05) is 51.3 Å². The van der Waals surface area contributed by atoms with Crippen LogP contribution in [-0.2, 0) is 39.2 Å². The van der Waals surface area contributed by atoms with Gasteiger partial charge in [0.15, 0.2) is 0 Å². The summed E-state index contributed by atoms with van der Waals surface area (Å²) in [7, 11) is 2.15. The van der Waals surface area contributed by atoms with Gasteiger partial charge in [-0.3, -0.25) is 4.90 Å². The van der Waals surface area contributed by atoms with E-state index >= 15 is 0 Å². The van der Waals surface area contributed by atoms with Crippen LogP contribution in [0.5, 0.6) is 0 Å². The number of carbonyl (C=O) groups is 2. The molecule has 1 spiro atoms. The average molecular weight is 688 g/mol. The second-order valence-corrected chi connectivity index (χ2v) is 16.1. The fraction of sp³-hybridized carbons (Fsp3) is 0.658. The first-order valence-electron chi connectivity index (χ1n) is 18.1. The topological polar surface area (TPSA) is 124 Å². The summed E-state index contributed by atoms with van der Waals surface area (Å²) in [4.78, 5) is 45.4. The van der Waals surface area contributed by atoms with Gasteiger partial charge < -0.3 is 28.9 Å². The molecule has 50 heavy (non-hydrogen) atoms. The first-order chi connectivity index (χ1) is 23.8. The van der Waals surface area contributed by atoms with Gasteiger partial charge in [-0.15, -0.1) is 0 Å². The van der Waals surface area contributed by atoms with Gasteiger partial charge in [0.25, 0.3) is 0 Å². The van der Waals surface area contributed by atoms with Gasteiger partial charge in [-0.2, -0.15) is 5.26 Å². The minimum absolute atomic E-state index is 0.169. The van der Waals surface area contributed by atoms with E-state index in [-0.39, 0.29) is 30.7 Å². The Kier molecular flexibility index (Phi) is 10.3. The number of anilines is 1. The molecule has 2 aromatic rings. The lowest BCUT2D eigenvalue weighted by Gasteiger charge is -2.43. The molecule has 1 saturated carbocycles. The Morgan fingerprint density at radius 3 is 2.44 bits per heavy atom. The van der Waals surface area contributed by atoms with Crippen molar-refractivity contribution in [2.24, 2.45) is 0 Å². The van der Waals surface area contributed by atoms with Gasteiger partial charge in [0, 0.05) is 43.1 Å². The number of nitrogens with zero attached hydrogens (tertiary/aromatic N) is 7. The molecule has 270 valence electrons. The Balaban J connectivity index is 1.27. The summed E-state index contributed by atoms with van der Waals surface area (Å²) >= 11 is 0. The van der Waals surface area contributed by atoms with Crippen molar-refractivity contribution in [3.05, 3.63) is 53.0 Å². The van der Waals surface area contributed by atoms with Crippen molar-refractivity contribution < 1.29 is 23.8 Å². The van der Waals surface area contributed by atoms with E-state index in [1.165, 1.54) is 6.42 Å². The third-order valence-electron chi connectivity index (χ3n) is 10.5. The zero-order valence-corrected chi connectivity index (χ0v) is 30.6. The molecule has 2 atom stereocenters. The minimum Gasteiger partial charge on any atom is -0.445 e. The molecule has 6 rings (SSSR count). The summed E-state index contributed by atoms with van der Waals surface area (Å²) in [6, 6.07) is 11.9. The third-order valence-corrected chi connectivity index (χ3v) is 10.5. The summed E-state index contributed by atoms with van der Waals surface area (Å²) in [5, 5.41) is 9.80. The molecular weight excluding hydrogens is 634 g/mol. The van der Waals surface area contributed by atoms with Crippen LogP contribution in [0.4, 0.5) is 15.4 Å². The van der Waals surface area contributed by atoms with E-state index in [0.29, 0.717) is 57.7 Å². The summed E-state index contributed by atoms with van der Waals surface area (Å²) in [5.74, 6) is 1.48. The van der Waals surface area contributed by atoms with Crippen LogP contribution in [-0.4, -0.2) is 107 Å². The largest absolute Gasteiger partial charge is 0.445 e. The van der Waals surface area contributed by atoms with Crippen molar-refractivity contribution >= 4 is 18.0 Å².